The van der Waals surface area contributed by atoms with Gasteiger partial charge in [0.25, 0.3) is 0 Å². The molecular formula is C13H18O. The first-order chi connectivity index (χ1) is 6.57. The van der Waals surface area contributed by atoms with Crippen LogP contribution in [0.5, 0.6) is 0 Å². The number of aryl methyl sites for hydroxylation is 2. The average Bonchev–Trinajstić information content (AvgIpc) is 2.18. The Hall–Kier alpha value is -1.11. The fourth-order valence-corrected chi connectivity index (χ4v) is 1.77. The zero-order valence-corrected chi connectivity index (χ0v) is 9.48. The Kier molecular flexibility index (Phi) is 3.45. The van der Waals surface area contributed by atoms with Gasteiger partial charge in [-0.25, -0.2) is 0 Å². The fourth-order valence-electron chi connectivity index (χ4n) is 1.77. The lowest BCUT2D eigenvalue weighted by Gasteiger charge is -2.13. The van der Waals surface area contributed by atoms with Crippen LogP contribution in [0.3, 0.4) is 0 Å². The summed E-state index contributed by atoms with van der Waals surface area (Å²) in [4.78, 5) is 10.3. The van der Waals surface area contributed by atoms with Gasteiger partial charge in [0.15, 0.2) is 0 Å². The second kappa shape index (κ2) is 4.41. The molecule has 0 saturated carbocycles. The summed E-state index contributed by atoms with van der Waals surface area (Å²) in [6.45, 7) is 8.58. The summed E-state index contributed by atoms with van der Waals surface area (Å²) in [6.07, 6.45) is 2.49. The third-order valence-corrected chi connectivity index (χ3v) is 3.12. The largest absolute Gasteiger partial charge is 0.303 e. The van der Waals surface area contributed by atoms with E-state index in [-0.39, 0.29) is 0 Å². The van der Waals surface area contributed by atoms with Gasteiger partial charge >= 0.3 is 0 Å². The van der Waals surface area contributed by atoms with Crippen molar-refractivity contribution < 1.29 is 4.79 Å². The Bertz CT molecular complexity index is 351. The second-order valence-electron chi connectivity index (χ2n) is 3.93. The molecule has 0 bridgehead atoms. The molecule has 1 nitrogen and oxygen atoms in total. The SMILES string of the molecule is Cc1cc(CCC=O)c(C)c(C)c1C. The van der Waals surface area contributed by atoms with Crippen LogP contribution in [-0.4, -0.2) is 6.29 Å². The van der Waals surface area contributed by atoms with E-state index in [0.29, 0.717) is 6.42 Å². The van der Waals surface area contributed by atoms with E-state index >= 15 is 0 Å². The molecule has 0 heterocycles. The zero-order valence-electron chi connectivity index (χ0n) is 9.48. The van der Waals surface area contributed by atoms with Gasteiger partial charge in [-0.2, -0.15) is 0 Å². The van der Waals surface area contributed by atoms with Crippen molar-refractivity contribution >= 4 is 6.29 Å². The Balaban J connectivity index is 3.12. The fraction of sp³-hybridized carbons (Fsp3) is 0.462. The molecule has 1 aromatic rings. The summed E-state index contributed by atoms with van der Waals surface area (Å²) in [5.74, 6) is 0. The minimum absolute atomic E-state index is 0.628. The van der Waals surface area contributed by atoms with Gasteiger partial charge in [-0.15, -0.1) is 0 Å². The summed E-state index contributed by atoms with van der Waals surface area (Å²) in [7, 11) is 0. The van der Waals surface area contributed by atoms with Crippen LogP contribution in [0.4, 0.5) is 0 Å². The van der Waals surface area contributed by atoms with Gasteiger partial charge in [0.2, 0.25) is 0 Å². The summed E-state index contributed by atoms with van der Waals surface area (Å²) in [6, 6.07) is 2.21. The van der Waals surface area contributed by atoms with Gasteiger partial charge in [-0.3, -0.25) is 0 Å². The summed E-state index contributed by atoms with van der Waals surface area (Å²) in [5, 5.41) is 0. The predicted octanol–water partition coefficient (Wildman–Crippen LogP) is 3.05. The summed E-state index contributed by atoms with van der Waals surface area (Å²) >= 11 is 0. The number of aldehydes is 1. The minimum atomic E-state index is 0.628. The molecule has 1 aromatic carbocycles. The number of carbonyl (C=O) groups is 1. The molecule has 14 heavy (non-hydrogen) atoms. The van der Waals surface area contributed by atoms with Crippen molar-refractivity contribution in [3.63, 3.8) is 0 Å². The van der Waals surface area contributed by atoms with Gasteiger partial charge in [-0.05, 0) is 61.9 Å². The molecule has 1 heteroatoms. The van der Waals surface area contributed by atoms with Crippen LogP contribution in [0.15, 0.2) is 6.07 Å². The number of carbonyl (C=O) groups excluding carboxylic acids is 1. The molecule has 76 valence electrons. The van der Waals surface area contributed by atoms with Gasteiger partial charge in [0, 0.05) is 6.42 Å². The van der Waals surface area contributed by atoms with E-state index in [4.69, 9.17) is 0 Å². The Morgan fingerprint density at radius 2 is 1.71 bits per heavy atom. The van der Waals surface area contributed by atoms with E-state index in [9.17, 15) is 4.79 Å². The van der Waals surface area contributed by atoms with E-state index in [0.717, 1.165) is 12.7 Å². The van der Waals surface area contributed by atoms with Gasteiger partial charge in [0.05, 0.1) is 0 Å². The molecule has 0 saturated heterocycles. The van der Waals surface area contributed by atoms with Crippen molar-refractivity contribution in [2.45, 2.75) is 40.5 Å². The zero-order chi connectivity index (χ0) is 10.7. The van der Waals surface area contributed by atoms with Crippen LogP contribution < -0.4 is 0 Å². The van der Waals surface area contributed by atoms with Crippen molar-refractivity contribution in [1.29, 1.82) is 0 Å². The van der Waals surface area contributed by atoms with Crippen LogP contribution in [0.2, 0.25) is 0 Å². The molecule has 0 radical (unpaired) electrons. The Morgan fingerprint density at radius 3 is 2.29 bits per heavy atom. The maximum absolute atomic E-state index is 10.3. The van der Waals surface area contributed by atoms with Crippen molar-refractivity contribution in [1.82, 2.24) is 0 Å². The maximum Gasteiger partial charge on any atom is 0.120 e. The first kappa shape index (κ1) is 11.0. The summed E-state index contributed by atoms with van der Waals surface area (Å²) in [5.41, 5.74) is 6.73. The lowest BCUT2D eigenvalue weighted by atomic mass is 9.93. The van der Waals surface area contributed by atoms with Gasteiger partial charge in [-0.1, -0.05) is 6.07 Å². The third kappa shape index (κ3) is 2.03. The number of hydrogen-bond donors (Lipinski definition) is 0. The molecule has 1 rings (SSSR count). The lowest BCUT2D eigenvalue weighted by Crippen LogP contribution is -1.98. The monoisotopic (exact) mass is 190 g/mol. The molecule has 0 spiro atoms. The van der Waals surface area contributed by atoms with E-state index in [1.165, 1.54) is 27.8 Å². The van der Waals surface area contributed by atoms with Crippen LogP contribution >= 0.6 is 0 Å². The van der Waals surface area contributed by atoms with E-state index in [1.54, 1.807) is 0 Å². The van der Waals surface area contributed by atoms with Crippen LogP contribution in [0, 0.1) is 27.7 Å². The number of rotatable bonds is 3. The molecule has 0 amide bonds. The van der Waals surface area contributed by atoms with E-state index < -0.39 is 0 Å². The standard InChI is InChI=1S/C13H18O/c1-9-8-13(6-5-7-14)12(4)11(3)10(9)2/h7-8H,5-6H2,1-4H3. The molecule has 0 atom stereocenters. The highest BCUT2D eigenvalue weighted by atomic mass is 16.1. The van der Waals surface area contributed by atoms with Crippen molar-refractivity contribution in [2.24, 2.45) is 0 Å². The topological polar surface area (TPSA) is 17.1 Å². The van der Waals surface area contributed by atoms with Gasteiger partial charge in [0.1, 0.15) is 6.29 Å². The molecule has 0 aliphatic carbocycles. The van der Waals surface area contributed by atoms with Gasteiger partial charge < -0.3 is 4.79 Å². The summed E-state index contributed by atoms with van der Waals surface area (Å²) < 4.78 is 0. The van der Waals surface area contributed by atoms with Crippen molar-refractivity contribution in [2.75, 3.05) is 0 Å². The Morgan fingerprint density at radius 1 is 1.07 bits per heavy atom. The van der Waals surface area contributed by atoms with E-state index in [1.807, 2.05) is 0 Å². The first-order valence-corrected chi connectivity index (χ1v) is 5.07. The van der Waals surface area contributed by atoms with E-state index in [2.05, 4.69) is 33.8 Å². The van der Waals surface area contributed by atoms with Crippen LogP contribution in [0.25, 0.3) is 0 Å². The van der Waals surface area contributed by atoms with Crippen LogP contribution in [-0.2, 0) is 11.2 Å². The van der Waals surface area contributed by atoms with Crippen LogP contribution in [0.1, 0.15) is 34.2 Å². The van der Waals surface area contributed by atoms with Crippen molar-refractivity contribution in [3.05, 3.63) is 33.9 Å². The predicted molar refractivity (Wildman–Crippen MR) is 59.8 cm³/mol. The minimum Gasteiger partial charge on any atom is -0.303 e. The highest BCUT2D eigenvalue weighted by Gasteiger charge is 2.06. The first-order valence-electron chi connectivity index (χ1n) is 5.07. The Labute approximate surface area is 86.1 Å². The highest BCUT2D eigenvalue weighted by molar-refractivity contribution is 5.51. The molecule has 0 aromatic heterocycles. The number of benzene rings is 1. The molecule has 0 aliphatic rings. The quantitative estimate of drug-likeness (QED) is 0.669. The van der Waals surface area contributed by atoms with Crippen molar-refractivity contribution in [3.8, 4) is 0 Å². The number of hydrogen-bond acceptors (Lipinski definition) is 1. The molecular weight excluding hydrogens is 172 g/mol. The smallest absolute Gasteiger partial charge is 0.120 e. The average molecular weight is 190 g/mol. The second-order valence-corrected chi connectivity index (χ2v) is 3.93. The maximum atomic E-state index is 10.3. The third-order valence-electron chi connectivity index (χ3n) is 3.12. The highest BCUT2D eigenvalue weighted by Crippen LogP contribution is 2.21. The molecule has 0 aliphatic heterocycles. The lowest BCUT2D eigenvalue weighted by molar-refractivity contribution is -0.107. The molecule has 0 fully saturated rings. The molecule has 0 unspecified atom stereocenters. The normalized spacial score (nSPS) is 10.3. The molecule has 0 N–H and O–H groups in total.